The van der Waals surface area contributed by atoms with Gasteiger partial charge in [0.05, 0.1) is 18.0 Å². The Balaban J connectivity index is 1.84. The zero-order chi connectivity index (χ0) is 18.4. The quantitative estimate of drug-likeness (QED) is 0.422. The maximum Gasteiger partial charge on any atom is 0.433 e. The molecule has 8 heteroatoms. The topological polar surface area (TPSA) is 101 Å². The number of carbonyl (C=O) groups excluding carboxylic acids is 1. The van der Waals surface area contributed by atoms with Crippen LogP contribution in [0.5, 0.6) is 0 Å². The number of hydrogen-bond donors (Lipinski definition) is 1. The summed E-state index contributed by atoms with van der Waals surface area (Å²) >= 11 is 0. The number of hydrogen-bond acceptors (Lipinski definition) is 5. The van der Waals surface area contributed by atoms with Crippen molar-refractivity contribution >= 4 is 29.5 Å². The molecule has 0 saturated carbocycles. The van der Waals surface area contributed by atoms with Crippen LogP contribution in [0.2, 0.25) is 0 Å². The number of para-hydroxylation sites is 2. The van der Waals surface area contributed by atoms with Crippen LogP contribution in [0.3, 0.4) is 0 Å². The van der Waals surface area contributed by atoms with E-state index in [1.165, 1.54) is 18.3 Å². The predicted molar refractivity (Wildman–Crippen MR) is 97.3 cm³/mol. The minimum absolute atomic E-state index is 0.158. The Morgan fingerprint density at radius 3 is 2.31 bits per heavy atom. The third-order valence-electron chi connectivity index (χ3n) is 3.31. The molecule has 0 aliphatic carbocycles. The molecule has 3 rings (SSSR count). The number of nitrogens with zero attached hydrogens (tertiary/aromatic N) is 3. The first kappa shape index (κ1) is 16.9. The molecule has 0 atom stereocenters. The molecule has 0 fully saturated rings. The molecule has 0 radical (unpaired) electrons. The maximum atomic E-state index is 12.6. The Bertz CT molecular complexity index is 923. The molecule has 1 N–H and O–H groups in total. The van der Waals surface area contributed by atoms with Gasteiger partial charge in [-0.15, -0.1) is 0 Å². The monoisotopic (exact) mass is 350 g/mol. The molecule has 2 aromatic carbocycles. The highest BCUT2D eigenvalue weighted by atomic mass is 16.6. The Hall–Kier alpha value is -3.94. The van der Waals surface area contributed by atoms with Gasteiger partial charge in [0, 0.05) is 5.69 Å². The molecule has 0 bridgehead atoms. The summed E-state index contributed by atoms with van der Waals surface area (Å²) in [5, 5.41) is 18.7. The van der Waals surface area contributed by atoms with E-state index in [1.54, 1.807) is 48.5 Å². The van der Waals surface area contributed by atoms with E-state index < -0.39 is 16.8 Å². The van der Waals surface area contributed by atoms with Crippen molar-refractivity contribution in [1.82, 2.24) is 0 Å². The molecule has 130 valence electrons. The lowest BCUT2D eigenvalue weighted by Crippen LogP contribution is -2.30. The summed E-state index contributed by atoms with van der Waals surface area (Å²) < 4.78 is 5.02. The lowest BCUT2D eigenvalue weighted by Gasteiger charge is -2.17. The number of nitro groups is 1. The van der Waals surface area contributed by atoms with Gasteiger partial charge in [0.25, 0.3) is 0 Å². The van der Waals surface area contributed by atoms with E-state index in [0.29, 0.717) is 11.4 Å². The molecule has 8 nitrogen and oxygen atoms in total. The Kier molecular flexibility index (Phi) is 5.04. The van der Waals surface area contributed by atoms with Gasteiger partial charge in [0.15, 0.2) is 5.76 Å². The largest absolute Gasteiger partial charge is 0.433 e. The van der Waals surface area contributed by atoms with E-state index in [2.05, 4.69) is 10.4 Å². The summed E-state index contributed by atoms with van der Waals surface area (Å²) in [6, 6.07) is 19.9. The zero-order valence-electron chi connectivity index (χ0n) is 13.5. The second kappa shape index (κ2) is 7.75. The molecule has 0 saturated heterocycles. The van der Waals surface area contributed by atoms with E-state index in [0.717, 1.165) is 5.01 Å². The number of hydrazone groups is 1. The Labute approximate surface area is 148 Å². The van der Waals surface area contributed by atoms with Gasteiger partial charge in [-0.05, 0) is 30.3 Å². The van der Waals surface area contributed by atoms with Gasteiger partial charge in [0.1, 0.15) is 4.92 Å². The van der Waals surface area contributed by atoms with E-state index >= 15 is 0 Å². The standard InChI is InChI=1S/C18H14N4O4/c23-18(20-14-7-3-1-4-8-14)21(15-9-5-2-6-10-15)19-13-16-11-12-17(26-16)22(24)25/h1-13H,(H,20,23)/b19-13+. The Morgan fingerprint density at radius 1 is 1.04 bits per heavy atom. The Morgan fingerprint density at radius 2 is 1.69 bits per heavy atom. The van der Waals surface area contributed by atoms with Crippen molar-refractivity contribution in [2.24, 2.45) is 5.10 Å². The van der Waals surface area contributed by atoms with E-state index in [1.807, 2.05) is 12.1 Å². The summed E-state index contributed by atoms with van der Waals surface area (Å²) in [4.78, 5) is 22.6. The number of urea groups is 1. The third kappa shape index (κ3) is 4.12. The number of furan rings is 1. The van der Waals surface area contributed by atoms with Crippen LogP contribution in [-0.4, -0.2) is 17.2 Å². The fourth-order valence-corrected chi connectivity index (χ4v) is 2.13. The number of carbonyl (C=O) groups is 1. The number of nitrogens with one attached hydrogen (secondary N) is 1. The highest BCUT2D eigenvalue weighted by Crippen LogP contribution is 2.18. The summed E-state index contributed by atoms with van der Waals surface area (Å²) in [5.41, 5.74) is 1.14. The van der Waals surface area contributed by atoms with Crippen LogP contribution in [0.15, 0.2) is 82.3 Å². The van der Waals surface area contributed by atoms with E-state index in [9.17, 15) is 14.9 Å². The van der Waals surface area contributed by atoms with Crippen molar-refractivity contribution in [3.63, 3.8) is 0 Å². The smallest absolute Gasteiger partial charge is 0.400 e. The summed E-state index contributed by atoms with van der Waals surface area (Å²) in [7, 11) is 0. The third-order valence-corrected chi connectivity index (χ3v) is 3.31. The lowest BCUT2D eigenvalue weighted by molar-refractivity contribution is -0.402. The van der Waals surface area contributed by atoms with Gasteiger partial charge < -0.3 is 9.73 Å². The summed E-state index contributed by atoms with van der Waals surface area (Å²) in [6.45, 7) is 0. The van der Waals surface area contributed by atoms with Crippen LogP contribution in [0.25, 0.3) is 0 Å². The summed E-state index contributed by atoms with van der Waals surface area (Å²) in [5.74, 6) is -0.239. The molecule has 1 heterocycles. The first-order chi connectivity index (χ1) is 12.6. The van der Waals surface area contributed by atoms with Crippen molar-refractivity contribution in [2.45, 2.75) is 0 Å². The first-order valence-corrected chi connectivity index (χ1v) is 7.63. The molecule has 26 heavy (non-hydrogen) atoms. The van der Waals surface area contributed by atoms with E-state index in [4.69, 9.17) is 4.42 Å². The molecule has 0 spiro atoms. The first-order valence-electron chi connectivity index (χ1n) is 7.63. The van der Waals surface area contributed by atoms with Gasteiger partial charge in [-0.2, -0.15) is 10.1 Å². The number of anilines is 2. The molecule has 0 unspecified atom stereocenters. The fraction of sp³-hybridized carbons (Fsp3) is 0. The zero-order valence-corrected chi connectivity index (χ0v) is 13.5. The molecule has 1 aromatic heterocycles. The summed E-state index contributed by atoms with van der Waals surface area (Å²) in [6.07, 6.45) is 1.24. The van der Waals surface area contributed by atoms with Gasteiger partial charge in [-0.1, -0.05) is 36.4 Å². The molecule has 3 aromatic rings. The number of amides is 2. The second-order valence-electron chi connectivity index (χ2n) is 5.12. The van der Waals surface area contributed by atoms with Crippen LogP contribution in [-0.2, 0) is 0 Å². The molecule has 2 amide bonds. The predicted octanol–water partition coefficient (Wildman–Crippen LogP) is 4.26. The maximum absolute atomic E-state index is 12.6. The van der Waals surface area contributed by atoms with Gasteiger partial charge in [0.2, 0.25) is 0 Å². The van der Waals surface area contributed by atoms with Crippen molar-refractivity contribution < 1.29 is 14.1 Å². The minimum Gasteiger partial charge on any atom is -0.400 e. The number of rotatable bonds is 5. The van der Waals surface area contributed by atoms with Crippen molar-refractivity contribution in [2.75, 3.05) is 10.3 Å². The normalized spacial score (nSPS) is 10.6. The molecule has 0 aliphatic rings. The average Bonchev–Trinajstić information content (AvgIpc) is 3.13. The van der Waals surface area contributed by atoms with Gasteiger partial charge in [-0.25, -0.2) is 4.79 Å². The minimum atomic E-state index is -0.644. The average molecular weight is 350 g/mol. The van der Waals surface area contributed by atoms with Crippen LogP contribution in [0, 0.1) is 10.1 Å². The SMILES string of the molecule is O=C(Nc1ccccc1)N(/N=C/c1ccc([N+](=O)[O-])o1)c1ccccc1. The van der Waals surface area contributed by atoms with Crippen molar-refractivity contribution in [3.8, 4) is 0 Å². The fourth-order valence-electron chi connectivity index (χ4n) is 2.13. The lowest BCUT2D eigenvalue weighted by atomic mass is 10.3. The molecule has 0 aliphatic heterocycles. The highest BCUT2D eigenvalue weighted by molar-refractivity contribution is 6.02. The van der Waals surface area contributed by atoms with Crippen LogP contribution >= 0.6 is 0 Å². The molecular formula is C18H14N4O4. The molecular weight excluding hydrogens is 336 g/mol. The van der Waals surface area contributed by atoms with Gasteiger partial charge in [-0.3, -0.25) is 10.1 Å². The van der Waals surface area contributed by atoms with Crippen LogP contribution in [0.4, 0.5) is 22.1 Å². The van der Waals surface area contributed by atoms with Crippen molar-refractivity contribution in [1.29, 1.82) is 0 Å². The van der Waals surface area contributed by atoms with Crippen LogP contribution < -0.4 is 10.3 Å². The van der Waals surface area contributed by atoms with Crippen LogP contribution in [0.1, 0.15) is 5.76 Å². The second-order valence-corrected chi connectivity index (χ2v) is 5.12. The van der Waals surface area contributed by atoms with Crippen molar-refractivity contribution in [3.05, 3.63) is 88.7 Å². The highest BCUT2D eigenvalue weighted by Gasteiger charge is 2.16. The van der Waals surface area contributed by atoms with Gasteiger partial charge >= 0.3 is 11.9 Å². The number of benzene rings is 2. The van der Waals surface area contributed by atoms with E-state index in [-0.39, 0.29) is 5.76 Å².